The van der Waals surface area contributed by atoms with Gasteiger partial charge in [0, 0.05) is 5.69 Å². The van der Waals surface area contributed by atoms with E-state index >= 15 is 0 Å². The smallest absolute Gasteiger partial charge is 0.307 e. The molecule has 0 radical (unpaired) electrons. The van der Waals surface area contributed by atoms with Crippen LogP contribution in [-0.4, -0.2) is 17.0 Å². The number of hydrogen-bond donors (Lipinski definition) is 2. The van der Waals surface area contributed by atoms with E-state index in [1.807, 2.05) is 54.6 Å². The van der Waals surface area contributed by atoms with Crippen LogP contribution in [-0.2, 0) is 9.59 Å². The molecule has 2 atom stereocenters. The van der Waals surface area contributed by atoms with Gasteiger partial charge in [-0.15, -0.1) is 0 Å². The molecule has 2 N–H and O–H groups in total. The summed E-state index contributed by atoms with van der Waals surface area (Å²) in [6, 6.07) is 13.6. The molecule has 4 heteroatoms. The van der Waals surface area contributed by atoms with Crippen LogP contribution in [0.5, 0.6) is 0 Å². The first-order valence-electron chi connectivity index (χ1n) is 7.32. The third kappa shape index (κ3) is 2.86. The Labute approximate surface area is 128 Å². The summed E-state index contributed by atoms with van der Waals surface area (Å²) in [6.45, 7) is 0. The van der Waals surface area contributed by atoms with E-state index in [-0.39, 0.29) is 5.91 Å². The van der Waals surface area contributed by atoms with Crippen molar-refractivity contribution in [3.05, 3.63) is 54.6 Å². The second-order valence-electron chi connectivity index (χ2n) is 5.55. The van der Waals surface area contributed by atoms with Crippen molar-refractivity contribution in [2.45, 2.75) is 12.8 Å². The standard InChI is InChI=1S/C18H17NO3/c20-17(15-7-3-4-8-16(15)18(21)22)19-14-10-9-12-5-1-2-6-13(12)11-14/h1-6,9-11,15-16H,7-8H2,(H,19,20)(H,21,22). The number of carboxylic acid groups (broad SMARTS) is 1. The first-order chi connectivity index (χ1) is 10.6. The molecule has 22 heavy (non-hydrogen) atoms. The maximum Gasteiger partial charge on any atom is 0.307 e. The number of carbonyl (C=O) groups excluding carboxylic acids is 1. The van der Waals surface area contributed by atoms with E-state index in [1.165, 1.54) is 0 Å². The zero-order valence-electron chi connectivity index (χ0n) is 12.0. The number of allylic oxidation sites excluding steroid dienone is 2. The van der Waals surface area contributed by atoms with Crippen LogP contribution in [0.15, 0.2) is 54.6 Å². The summed E-state index contributed by atoms with van der Waals surface area (Å²) in [7, 11) is 0. The number of fused-ring (bicyclic) bond motifs is 1. The average molecular weight is 295 g/mol. The number of hydrogen-bond acceptors (Lipinski definition) is 2. The van der Waals surface area contributed by atoms with Gasteiger partial charge in [0.2, 0.25) is 5.91 Å². The molecule has 112 valence electrons. The Bertz CT molecular complexity index is 751. The van der Waals surface area contributed by atoms with Gasteiger partial charge in [-0.25, -0.2) is 0 Å². The second kappa shape index (κ2) is 6.02. The van der Waals surface area contributed by atoms with Gasteiger partial charge in [0.25, 0.3) is 0 Å². The van der Waals surface area contributed by atoms with E-state index in [4.69, 9.17) is 0 Å². The Kier molecular flexibility index (Phi) is 3.92. The van der Waals surface area contributed by atoms with E-state index in [1.54, 1.807) is 0 Å². The van der Waals surface area contributed by atoms with Gasteiger partial charge in [0.1, 0.15) is 0 Å². The fraction of sp³-hybridized carbons (Fsp3) is 0.222. The van der Waals surface area contributed by atoms with E-state index in [9.17, 15) is 14.7 Å². The molecule has 2 unspecified atom stereocenters. The number of carboxylic acids is 1. The lowest BCUT2D eigenvalue weighted by Gasteiger charge is -2.24. The van der Waals surface area contributed by atoms with Crippen LogP contribution in [0, 0.1) is 11.8 Å². The Morgan fingerprint density at radius 1 is 0.955 bits per heavy atom. The fourth-order valence-corrected chi connectivity index (χ4v) is 2.88. The topological polar surface area (TPSA) is 66.4 Å². The number of anilines is 1. The Morgan fingerprint density at radius 2 is 1.64 bits per heavy atom. The van der Waals surface area contributed by atoms with Crippen molar-refractivity contribution >= 4 is 28.3 Å². The highest BCUT2D eigenvalue weighted by Crippen LogP contribution is 2.28. The minimum Gasteiger partial charge on any atom is -0.481 e. The molecular formula is C18H17NO3. The molecule has 1 aliphatic rings. The number of carbonyl (C=O) groups is 2. The number of benzene rings is 2. The average Bonchev–Trinajstić information content (AvgIpc) is 2.54. The predicted octanol–water partition coefficient (Wildman–Crippen LogP) is 3.45. The quantitative estimate of drug-likeness (QED) is 0.852. The molecule has 2 aromatic rings. The lowest BCUT2D eigenvalue weighted by atomic mass is 9.82. The number of rotatable bonds is 3. The van der Waals surface area contributed by atoms with Crippen molar-refractivity contribution in [1.29, 1.82) is 0 Å². The Balaban J connectivity index is 1.80. The van der Waals surface area contributed by atoms with Crippen LogP contribution in [0.4, 0.5) is 5.69 Å². The van der Waals surface area contributed by atoms with Gasteiger partial charge in [-0.2, -0.15) is 0 Å². The lowest BCUT2D eigenvalue weighted by Crippen LogP contribution is -2.34. The van der Waals surface area contributed by atoms with E-state index in [2.05, 4.69) is 5.32 Å². The Hall–Kier alpha value is -2.62. The summed E-state index contributed by atoms with van der Waals surface area (Å²) in [5.74, 6) is -2.31. The minimum atomic E-state index is -0.914. The first-order valence-corrected chi connectivity index (χ1v) is 7.32. The first kappa shape index (κ1) is 14.3. The monoisotopic (exact) mass is 295 g/mol. The fourth-order valence-electron chi connectivity index (χ4n) is 2.88. The van der Waals surface area contributed by atoms with Crippen LogP contribution >= 0.6 is 0 Å². The highest BCUT2D eigenvalue weighted by molar-refractivity contribution is 5.97. The van der Waals surface area contributed by atoms with Crippen LogP contribution in [0.2, 0.25) is 0 Å². The maximum absolute atomic E-state index is 12.4. The molecule has 0 saturated carbocycles. The van der Waals surface area contributed by atoms with Gasteiger partial charge in [-0.05, 0) is 35.7 Å². The van der Waals surface area contributed by atoms with Crippen LogP contribution in [0.3, 0.4) is 0 Å². The lowest BCUT2D eigenvalue weighted by molar-refractivity contribution is -0.146. The summed E-state index contributed by atoms with van der Waals surface area (Å²) >= 11 is 0. The van der Waals surface area contributed by atoms with Gasteiger partial charge in [-0.1, -0.05) is 42.5 Å². The largest absolute Gasteiger partial charge is 0.481 e. The molecule has 2 aromatic carbocycles. The van der Waals surface area contributed by atoms with Gasteiger partial charge < -0.3 is 10.4 Å². The highest BCUT2D eigenvalue weighted by atomic mass is 16.4. The number of amides is 1. The molecule has 4 nitrogen and oxygen atoms in total. The molecule has 1 aliphatic carbocycles. The molecule has 0 fully saturated rings. The molecule has 1 amide bonds. The van der Waals surface area contributed by atoms with Crippen molar-refractivity contribution in [1.82, 2.24) is 0 Å². The third-order valence-electron chi connectivity index (χ3n) is 4.10. The molecule has 0 aliphatic heterocycles. The summed E-state index contributed by atoms with van der Waals surface area (Å²) in [4.78, 5) is 23.7. The molecule has 0 bridgehead atoms. The summed E-state index contributed by atoms with van der Waals surface area (Å²) in [6.07, 6.45) is 4.59. The van der Waals surface area contributed by atoms with Gasteiger partial charge in [0.15, 0.2) is 0 Å². The summed E-state index contributed by atoms with van der Waals surface area (Å²) < 4.78 is 0. The van der Waals surface area contributed by atoms with Crippen molar-refractivity contribution in [2.75, 3.05) is 5.32 Å². The van der Waals surface area contributed by atoms with Crippen molar-refractivity contribution in [3.8, 4) is 0 Å². The molecular weight excluding hydrogens is 278 g/mol. The number of nitrogens with one attached hydrogen (secondary N) is 1. The summed E-state index contributed by atoms with van der Waals surface area (Å²) in [5.41, 5.74) is 0.697. The maximum atomic E-state index is 12.4. The molecule has 0 spiro atoms. The van der Waals surface area contributed by atoms with Crippen molar-refractivity contribution in [2.24, 2.45) is 11.8 Å². The van der Waals surface area contributed by atoms with Crippen LogP contribution in [0.25, 0.3) is 10.8 Å². The van der Waals surface area contributed by atoms with E-state index < -0.39 is 17.8 Å². The molecule has 0 aromatic heterocycles. The zero-order chi connectivity index (χ0) is 15.5. The SMILES string of the molecule is O=C(O)C1CC=CCC1C(=O)Nc1ccc2ccccc2c1. The third-order valence-corrected chi connectivity index (χ3v) is 4.10. The normalized spacial score (nSPS) is 20.7. The Morgan fingerprint density at radius 3 is 2.36 bits per heavy atom. The van der Waals surface area contributed by atoms with E-state index in [0.717, 1.165) is 10.8 Å². The summed E-state index contributed by atoms with van der Waals surface area (Å²) in [5, 5.41) is 14.2. The van der Waals surface area contributed by atoms with Gasteiger partial charge in [0.05, 0.1) is 11.8 Å². The van der Waals surface area contributed by atoms with Crippen molar-refractivity contribution < 1.29 is 14.7 Å². The van der Waals surface area contributed by atoms with Gasteiger partial charge >= 0.3 is 5.97 Å². The molecule has 0 heterocycles. The highest BCUT2D eigenvalue weighted by Gasteiger charge is 2.33. The molecule has 0 saturated heterocycles. The zero-order valence-corrected chi connectivity index (χ0v) is 12.0. The van der Waals surface area contributed by atoms with Gasteiger partial charge in [-0.3, -0.25) is 9.59 Å². The molecule has 3 rings (SSSR count). The second-order valence-corrected chi connectivity index (χ2v) is 5.55. The van der Waals surface area contributed by atoms with Crippen LogP contribution < -0.4 is 5.32 Å². The van der Waals surface area contributed by atoms with E-state index in [0.29, 0.717) is 18.5 Å². The number of aliphatic carboxylic acids is 1. The van der Waals surface area contributed by atoms with Crippen LogP contribution in [0.1, 0.15) is 12.8 Å². The predicted molar refractivity (Wildman–Crippen MR) is 85.6 cm³/mol. The van der Waals surface area contributed by atoms with Crippen molar-refractivity contribution in [3.63, 3.8) is 0 Å². The minimum absolute atomic E-state index is 0.230.